The van der Waals surface area contributed by atoms with Crippen LogP contribution < -0.4 is 10.1 Å². The van der Waals surface area contributed by atoms with Crippen LogP contribution in [0.25, 0.3) is 10.9 Å². The first kappa shape index (κ1) is 26.3. The third-order valence-electron chi connectivity index (χ3n) is 7.99. The highest BCUT2D eigenvalue weighted by Gasteiger charge is 2.50. The molecule has 0 bridgehead atoms. The summed E-state index contributed by atoms with van der Waals surface area (Å²) >= 11 is 0. The second-order valence-corrected chi connectivity index (χ2v) is 11.7. The Hall–Kier alpha value is -3.88. The van der Waals surface area contributed by atoms with Crippen LogP contribution in [0.3, 0.4) is 0 Å². The zero-order chi connectivity index (χ0) is 29.4. The number of rotatable bonds is 5. The van der Waals surface area contributed by atoms with Crippen molar-refractivity contribution >= 4 is 34.5 Å². The summed E-state index contributed by atoms with van der Waals surface area (Å²) in [6.07, 6.45) is 5.25. The van der Waals surface area contributed by atoms with Crippen LogP contribution in [0.4, 0.5) is 10.5 Å². The first-order valence-electron chi connectivity index (χ1n) is 14.6. The average molecular weight is 548 g/mol. The minimum Gasteiger partial charge on any atom is -0.497 e. The number of benzene rings is 2. The number of methoxy groups -OCH3 is 1. The second-order valence-electron chi connectivity index (χ2n) is 11.7. The lowest BCUT2D eigenvalue weighted by molar-refractivity contribution is -0.143. The smallest absolute Gasteiger partial charge is 0.435 e. The van der Waals surface area contributed by atoms with Crippen molar-refractivity contribution in [3.63, 3.8) is 0 Å². The lowest BCUT2D eigenvalue weighted by atomic mass is 9.77. The van der Waals surface area contributed by atoms with Gasteiger partial charge in [-0.05, 0) is 83.2 Å². The highest BCUT2D eigenvalue weighted by molar-refractivity contribution is 6.05. The maximum atomic E-state index is 14.4. The van der Waals surface area contributed by atoms with Crippen LogP contribution in [-0.4, -0.2) is 57.4 Å². The highest BCUT2D eigenvalue weighted by atomic mass is 16.6. The Morgan fingerprint density at radius 3 is 2.45 bits per heavy atom. The van der Waals surface area contributed by atoms with E-state index in [1.807, 2.05) is 24.3 Å². The van der Waals surface area contributed by atoms with E-state index in [2.05, 4.69) is 10.4 Å². The van der Waals surface area contributed by atoms with Gasteiger partial charge >= 0.3 is 6.09 Å². The Balaban J connectivity index is 1.42. The summed E-state index contributed by atoms with van der Waals surface area (Å²) in [5, 5.41) is 7.80. The molecule has 1 aromatic heterocycles. The average Bonchev–Trinajstić information content (AvgIpc) is 3.70. The van der Waals surface area contributed by atoms with E-state index in [1.54, 1.807) is 51.0 Å². The van der Waals surface area contributed by atoms with Crippen molar-refractivity contribution in [3.05, 3.63) is 54.2 Å². The van der Waals surface area contributed by atoms with Crippen molar-refractivity contribution in [2.45, 2.75) is 89.3 Å². The minimum absolute atomic E-state index is 0.0342. The van der Waals surface area contributed by atoms with Crippen molar-refractivity contribution in [1.29, 1.82) is 0 Å². The lowest BCUT2D eigenvalue weighted by Gasteiger charge is -2.37. The molecule has 2 fully saturated rings. The van der Waals surface area contributed by atoms with Gasteiger partial charge in [0.05, 0.1) is 29.9 Å². The van der Waals surface area contributed by atoms with Crippen LogP contribution in [0.5, 0.6) is 5.75 Å². The van der Waals surface area contributed by atoms with E-state index in [4.69, 9.17) is 10.8 Å². The predicted octanol–water partition coefficient (Wildman–Crippen LogP) is 5.66. The maximum Gasteiger partial charge on any atom is 0.435 e. The molecule has 9 nitrogen and oxygen atoms in total. The number of hydrogen-bond donors (Lipinski definition) is 1. The van der Waals surface area contributed by atoms with E-state index in [1.165, 1.54) is 10.9 Å². The number of likely N-dealkylation sites (tertiary alicyclic amines) is 1. The number of nitrogens with one attached hydrogen (secondary N) is 1. The molecule has 2 amide bonds. The topological polar surface area (TPSA) is 103 Å². The van der Waals surface area contributed by atoms with Gasteiger partial charge < -0.3 is 19.7 Å². The third-order valence-corrected chi connectivity index (χ3v) is 7.99. The Morgan fingerprint density at radius 2 is 1.80 bits per heavy atom. The SMILES string of the molecule is [2H]C[C@@H]1CC[C@@H](C(=O)Nc2cccc3c2cnn3C(=O)OC(C)(C)C)N1C(=O)C1(c2ccc(OC)cc2)CCCC1. The summed E-state index contributed by atoms with van der Waals surface area (Å²) in [5.74, 6) is 0.335. The third kappa shape index (κ3) is 5.05. The molecule has 0 spiro atoms. The number of hydrogen-bond acceptors (Lipinski definition) is 6. The molecule has 2 heterocycles. The zero-order valence-electron chi connectivity index (χ0n) is 24.6. The van der Waals surface area contributed by atoms with Crippen LogP contribution >= 0.6 is 0 Å². The Kier molecular flexibility index (Phi) is 6.98. The normalized spacial score (nSPS) is 20.8. The largest absolute Gasteiger partial charge is 0.497 e. The molecule has 40 heavy (non-hydrogen) atoms. The van der Waals surface area contributed by atoms with Crippen LogP contribution in [0, 0.1) is 0 Å². The molecular weight excluding hydrogens is 508 g/mol. The summed E-state index contributed by atoms with van der Waals surface area (Å²) < 4.78 is 20.2. The number of carbonyl (C=O) groups excluding carboxylic acids is 3. The van der Waals surface area contributed by atoms with E-state index in [9.17, 15) is 14.4 Å². The van der Waals surface area contributed by atoms with Gasteiger partial charge in [-0.3, -0.25) is 9.59 Å². The van der Waals surface area contributed by atoms with Gasteiger partial charge in [-0.15, -0.1) is 0 Å². The van der Waals surface area contributed by atoms with Crippen molar-refractivity contribution in [2.75, 3.05) is 12.4 Å². The second kappa shape index (κ2) is 10.6. The Labute approximate surface area is 236 Å². The van der Waals surface area contributed by atoms with Crippen molar-refractivity contribution in [1.82, 2.24) is 14.7 Å². The number of anilines is 1. The molecular formula is C31H38N4O5. The van der Waals surface area contributed by atoms with E-state index in [0.717, 1.165) is 24.2 Å². The quantitative estimate of drug-likeness (QED) is 0.442. The molecule has 1 N–H and O–H groups in total. The van der Waals surface area contributed by atoms with Gasteiger partial charge in [0.15, 0.2) is 0 Å². The summed E-state index contributed by atoms with van der Waals surface area (Å²) in [6, 6.07) is 11.8. The molecule has 1 saturated carbocycles. The summed E-state index contributed by atoms with van der Waals surface area (Å²) in [5.41, 5.74) is 0.516. The molecule has 2 atom stereocenters. The van der Waals surface area contributed by atoms with Crippen LogP contribution in [0.15, 0.2) is 48.7 Å². The van der Waals surface area contributed by atoms with Gasteiger partial charge in [-0.1, -0.05) is 31.0 Å². The fraction of sp³-hybridized carbons (Fsp3) is 0.484. The standard InChI is InChI=1S/C31H38N4O5/c1-20-11-16-26(34(20)28(37)31(17-6-7-18-31)21-12-14-22(39-5)15-13-21)27(36)33-24-9-8-10-25-23(24)19-32-35(25)29(38)40-30(2,3)4/h8-10,12-15,19-20,26H,6-7,11,16-18H2,1-5H3,(H,33,36)/t20-,26+/m1/s1/i1D. The van der Waals surface area contributed by atoms with Gasteiger partial charge in [0.2, 0.25) is 11.8 Å². The van der Waals surface area contributed by atoms with E-state index < -0.39 is 23.2 Å². The van der Waals surface area contributed by atoms with Crippen LogP contribution in [0.2, 0.25) is 0 Å². The fourth-order valence-corrected chi connectivity index (χ4v) is 6.04. The van der Waals surface area contributed by atoms with Crippen LogP contribution in [0.1, 0.15) is 73.1 Å². The first-order valence-corrected chi connectivity index (χ1v) is 13.9. The van der Waals surface area contributed by atoms with Gasteiger partial charge in [0.1, 0.15) is 17.4 Å². The first-order chi connectivity index (χ1) is 19.6. The number of aromatic nitrogens is 2. The maximum absolute atomic E-state index is 14.4. The summed E-state index contributed by atoms with van der Waals surface area (Å²) in [7, 11) is 1.61. The van der Waals surface area contributed by atoms with Gasteiger partial charge in [-0.25, -0.2) is 4.79 Å². The van der Waals surface area contributed by atoms with Crippen molar-refractivity contribution < 1.29 is 25.2 Å². The lowest BCUT2D eigenvalue weighted by Crippen LogP contribution is -2.53. The molecule has 5 rings (SSSR count). The molecule has 9 heteroatoms. The molecule has 2 aliphatic rings. The van der Waals surface area contributed by atoms with Gasteiger partial charge in [0, 0.05) is 12.8 Å². The molecule has 3 aromatic rings. The van der Waals surface area contributed by atoms with Gasteiger partial charge in [0.25, 0.3) is 0 Å². The number of nitrogens with zero attached hydrogens (tertiary/aromatic N) is 3. The fourth-order valence-electron chi connectivity index (χ4n) is 6.04. The number of carbonyl (C=O) groups is 3. The van der Waals surface area contributed by atoms with E-state index >= 15 is 0 Å². The number of fused-ring (bicyclic) bond motifs is 1. The monoisotopic (exact) mass is 547 g/mol. The molecule has 0 unspecified atom stereocenters. The molecule has 0 radical (unpaired) electrons. The molecule has 1 saturated heterocycles. The van der Waals surface area contributed by atoms with Crippen molar-refractivity contribution in [3.8, 4) is 5.75 Å². The highest BCUT2D eigenvalue weighted by Crippen LogP contribution is 2.45. The molecule has 2 aromatic carbocycles. The van der Waals surface area contributed by atoms with E-state index in [0.29, 0.717) is 42.3 Å². The number of amides is 2. The molecule has 1 aliphatic carbocycles. The predicted molar refractivity (Wildman–Crippen MR) is 152 cm³/mol. The van der Waals surface area contributed by atoms with Crippen molar-refractivity contribution in [2.24, 2.45) is 0 Å². The van der Waals surface area contributed by atoms with Crippen LogP contribution in [-0.2, 0) is 19.7 Å². The summed E-state index contributed by atoms with van der Waals surface area (Å²) in [4.78, 5) is 42.6. The summed E-state index contributed by atoms with van der Waals surface area (Å²) in [6.45, 7) is 5.38. The Bertz CT molecular complexity index is 1440. The minimum atomic E-state index is -0.725. The Morgan fingerprint density at radius 1 is 1.07 bits per heavy atom. The molecule has 212 valence electrons. The number of ether oxygens (including phenoxy) is 2. The van der Waals surface area contributed by atoms with Gasteiger partial charge in [-0.2, -0.15) is 9.78 Å². The zero-order valence-corrected chi connectivity index (χ0v) is 23.6. The van der Waals surface area contributed by atoms with E-state index in [-0.39, 0.29) is 24.8 Å². The molecule has 1 aliphatic heterocycles.